The maximum absolute atomic E-state index is 12.3. The average molecular weight is 413 g/mol. The van der Waals surface area contributed by atoms with Crippen LogP contribution >= 0.6 is 11.8 Å². The minimum atomic E-state index is -0.951. The zero-order valence-electron chi connectivity index (χ0n) is 15.8. The Bertz CT molecular complexity index is 946. The van der Waals surface area contributed by atoms with Gasteiger partial charge in [-0.1, -0.05) is 42.1 Å². The van der Waals surface area contributed by atoms with E-state index in [2.05, 4.69) is 15.5 Å². The second-order valence-corrected chi connectivity index (χ2v) is 6.79. The van der Waals surface area contributed by atoms with Gasteiger partial charge in [-0.2, -0.15) is 5.10 Å². The van der Waals surface area contributed by atoms with Gasteiger partial charge in [0.1, 0.15) is 0 Å². The Hall–Kier alpha value is -3.33. The fourth-order valence-corrected chi connectivity index (χ4v) is 3.14. The number of hydrogen-bond donors (Lipinski definition) is 1. The predicted molar refractivity (Wildman–Crippen MR) is 110 cm³/mol. The van der Waals surface area contributed by atoms with Crippen LogP contribution in [0.1, 0.15) is 17.2 Å². The minimum absolute atomic E-state index is 0.0983. The predicted octanol–water partition coefficient (Wildman–Crippen LogP) is 2.54. The van der Waals surface area contributed by atoms with Gasteiger partial charge in [-0.05, 0) is 23.8 Å². The molecule has 150 valence electrons. The summed E-state index contributed by atoms with van der Waals surface area (Å²) >= 11 is 1.29. The summed E-state index contributed by atoms with van der Waals surface area (Å²) in [5.74, 6) is 0.517. The van der Waals surface area contributed by atoms with Crippen LogP contribution in [0.5, 0.6) is 11.5 Å². The van der Waals surface area contributed by atoms with Crippen LogP contribution < -0.4 is 14.8 Å². The van der Waals surface area contributed by atoms with Gasteiger partial charge in [0.15, 0.2) is 16.7 Å². The van der Waals surface area contributed by atoms with Crippen molar-refractivity contribution < 1.29 is 23.8 Å². The van der Waals surface area contributed by atoms with Crippen molar-refractivity contribution in [3.05, 3.63) is 59.7 Å². The van der Waals surface area contributed by atoms with Crippen LogP contribution in [-0.2, 0) is 14.3 Å². The molecule has 1 amide bonds. The molecule has 1 aliphatic heterocycles. The lowest BCUT2D eigenvalue weighted by Crippen LogP contribution is -2.20. The first-order chi connectivity index (χ1) is 14.1. The number of carbonyl (C=O) groups excluding carboxylic acids is 2. The van der Waals surface area contributed by atoms with E-state index in [0.29, 0.717) is 33.5 Å². The summed E-state index contributed by atoms with van der Waals surface area (Å²) in [5, 5.41) is 11.0. The highest BCUT2D eigenvalue weighted by Crippen LogP contribution is 2.32. The molecule has 1 unspecified atom stereocenters. The lowest BCUT2D eigenvalue weighted by atomic mass is 10.1. The Labute approximate surface area is 171 Å². The molecule has 1 N–H and O–H groups in total. The standard InChI is InChI=1S/C20H19N3O5S/c1-26-15-9-8-13(11-21-23-20-22-17(24)12-29-20)10-16(15)28-18(19(25)27-2)14-6-4-3-5-7-14/h3-11,18H,12H2,1-2H3,(H,22,23,24). The molecule has 1 atom stereocenters. The van der Waals surface area contributed by atoms with Gasteiger partial charge in [0.05, 0.1) is 26.2 Å². The summed E-state index contributed by atoms with van der Waals surface area (Å²) in [5.41, 5.74) is 1.33. The molecule has 0 bridgehead atoms. The highest BCUT2D eigenvalue weighted by atomic mass is 32.2. The topological polar surface area (TPSA) is 98.6 Å². The zero-order valence-corrected chi connectivity index (χ0v) is 16.6. The maximum atomic E-state index is 12.3. The molecule has 0 aliphatic carbocycles. The first kappa shape index (κ1) is 20.4. The third kappa shape index (κ3) is 5.35. The van der Waals surface area contributed by atoms with Gasteiger partial charge in [-0.25, -0.2) is 4.79 Å². The molecule has 1 aliphatic rings. The molecule has 0 aromatic heterocycles. The molecule has 0 radical (unpaired) electrons. The van der Waals surface area contributed by atoms with Gasteiger partial charge in [-0.3, -0.25) is 4.79 Å². The molecule has 0 spiro atoms. The number of carbonyl (C=O) groups is 2. The third-order valence-corrected chi connectivity index (χ3v) is 4.76. The van der Waals surface area contributed by atoms with Crippen molar-refractivity contribution in [2.24, 2.45) is 10.2 Å². The largest absolute Gasteiger partial charge is 0.493 e. The number of rotatable bonds is 7. The van der Waals surface area contributed by atoms with Crippen LogP contribution in [-0.4, -0.2) is 43.2 Å². The number of hydrogen-bond acceptors (Lipinski definition) is 8. The number of thioether (sulfide) groups is 1. The monoisotopic (exact) mass is 413 g/mol. The van der Waals surface area contributed by atoms with E-state index in [-0.39, 0.29) is 5.91 Å². The number of methoxy groups -OCH3 is 2. The van der Waals surface area contributed by atoms with Crippen LogP contribution in [0.25, 0.3) is 0 Å². The molecule has 2 aromatic carbocycles. The molecular formula is C20H19N3O5S. The van der Waals surface area contributed by atoms with Gasteiger partial charge in [0, 0.05) is 5.56 Å². The molecular weight excluding hydrogens is 394 g/mol. The van der Waals surface area contributed by atoms with Gasteiger partial charge in [0.2, 0.25) is 12.0 Å². The number of nitrogens with zero attached hydrogens (tertiary/aromatic N) is 2. The maximum Gasteiger partial charge on any atom is 0.351 e. The number of esters is 1. The van der Waals surface area contributed by atoms with Crippen molar-refractivity contribution in [1.82, 2.24) is 5.32 Å². The molecule has 0 saturated carbocycles. The van der Waals surface area contributed by atoms with Crippen LogP contribution in [0.3, 0.4) is 0 Å². The number of benzene rings is 2. The van der Waals surface area contributed by atoms with Crippen molar-refractivity contribution in [3.63, 3.8) is 0 Å². The van der Waals surface area contributed by atoms with Crippen LogP contribution in [0, 0.1) is 0 Å². The highest BCUT2D eigenvalue weighted by Gasteiger charge is 2.25. The van der Waals surface area contributed by atoms with E-state index in [1.807, 2.05) is 18.2 Å². The Kier molecular flexibility index (Phi) is 6.85. The number of ether oxygens (including phenoxy) is 3. The molecule has 1 heterocycles. The summed E-state index contributed by atoms with van der Waals surface area (Å²) in [6, 6.07) is 14.2. The summed E-state index contributed by atoms with van der Waals surface area (Å²) in [4.78, 5) is 23.4. The van der Waals surface area contributed by atoms with E-state index in [9.17, 15) is 9.59 Å². The molecule has 8 nitrogen and oxygen atoms in total. The van der Waals surface area contributed by atoms with Crippen molar-refractivity contribution in [3.8, 4) is 11.5 Å². The van der Waals surface area contributed by atoms with E-state index in [0.717, 1.165) is 0 Å². The molecule has 1 saturated heterocycles. The Balaban J connectivity index is 1.84. The summed E-state index contributed by atoms with van der Waals surface area (Å²) in [6.45, 7) is 0. The van der Waals surface area contributed by atoms with Crippen molar-refractivity contribution >= 4 is 35.0 Å². The third-order valence-electron chi connectivity index (χ3n) is 3.89. The van der Waals surface area contributed by atoms with E-state index in [4.69, 9.17) is 14.2 Å². The number of amidine groups is 1. The van der Waals surface area contributed by atoms with Crippen molar-refractivity contribution in [2.75, 3.05) is 20.0 Å². The Morgan fingerprint density at radius 1 is 1.17 bits per heavy atom. The van der Waals surface area contributed by atoms with Gasteiger partial charge >= 0.3 is 5.97 Å². The van der Waals surface area contributed by atoms with Gasteiger partial charge in [-0.15, -0.1) is 5.10 Å². The fraction of sp³-hybridized carbons (Fsp3) is 0.200. The second-order valence-electron chi connectivity index (χ2n) is 5.83. The molecule has 9 heteroatoms. The first-order valence-electron chi connectivity index (χ1n) is 8.62. The van der Waals surface area contributed by atoms with E-state index >= 15 is 0 Å². The van der Waals surface area contributed by atoms with Crippen molar-refractivity contribution in [2.45, 2.75) is 6.10 Å². The average Bonchev–Trinajstić information content (AvgIpc) is 3.17. The van der Waals surface area contributed by atoms with Crippen LogP contribution in [0.4, 0.5) is 0 Å². The van der Waals surface area contributed by atoms with Gasteiger partial charge in [0.25, 0.3) is 0 Å². The second kappa shape index (κ2) is 9.74. The van der Waals surface area contributed by atoms with Crippen LogP contribution in [0.15, 0.2) is 58.7 Å². The molecule has 2 aromatic rings. The highest BCUT2D eigenvalue weighted by molar-refractivity contribution is 8.15. The Morgan fingerprint density at radius 2 is 1.97 bits per heavy atom. The lowest BCUT2D eigenvalue weighted by Gasteiger charge is -2.19. The van der Waals surface area contributed by atoms with Crippen molar-refractivity contribution in [1.29, 1.82) is 0 Å². The van der Waals surface area contributed by atoms with E-state index in [1.165, 1.54) is 32.2 Å². The Morgan fingerprint density at radius 3 is 2.62 bits per heavy atom. The summed E-state index contributed by atoms with van der Waals surface area (Å²) in [7, 11) is 2.82. The minimum Gasteiger partial charge on any atom is -0.493 e. The molecule has 1 fully saturated rings. The number of nitrogens with one attached hydrogen (secondary N) is 1. The quantitative estimate of drug-likeness (QED) is 0.426. The normalized spacial score (nSPS) is 15.9. The molecule has 3 rings (SSSR count). The summed E-state index contributed by atoms with van der Waals surface area (Å²) < 4.78 is 16.2. The fourth-order valence-electron chi connectivity index (χ4n) is 2.51. The lowest BCUT2D eigenvalue weighted by molar-refractivity contribution is -0.149. The molecule has 29 heavy (non-hydrogen) atoms. The zero-order chi connectivity index (χ0) is 20.6. The SMILES string of the molecule is COC(=O)C(Oc1cc(C=NN=C2NC(=O)CS2)ccc1OC)c1ccccc1. The van der Waals surface area contributed by atoms with E-state index in [1.54, 1.807) is 30.3 Å². The smallest absolute Gasteiger partial charge is 0.351 e. The van der Waals surface area contributed by atoms with Gasteiger partial charge < -0.3 is 19.5 Å². The number of amides is 1. The van der Waals surface area contributed by atoms with E-state index < -0.39 is 12.1 Å². The summed E-state index contributed by atoms with van der Waals surface area (Å²) in [6.07, 6.45) is 0.563. The first-order valence-corrected chi connectivity index (χ1v) is 9.60. The van der Waals surface area contributed by atoms with Crippen LogP contribution in [0.2, 0.25) is 0 Å².